The molecule has 1 aromatic carbocycles. The Morgan fingerprint density at radius 1 is 1.25 bits per heavy atom. The van der Waals surface area contributed by atoms with Crippen LogP contribution in [0.5, 0.6) is 5.75 Å². The van der Waals surface area contributed by atoms with Crippen LogP contribution in [0.1, 0.15) is 5.56 Å². The van der Waals surface area contributed by atoms with Crippen molar-refractivity contribution in [2.24, 2.45) is 5.10 Å². The van der Waals surface area contributed by atoms with Gasteiger partial charge in [-0.05, 0) is 29.9 Å². The summed E-state index contributed by atoms with van der Waals surface area (Å²) >= 11 is 4.99. The fourth-order valence-corrected chi connectivity index (χ4v) is 2.32. The van der Waals surface area contributed by atoms with Crippen molar-refractivity contribution in [1.82, 2.24) is 10.7 Å². The van der Waals surface area contributed by atoms with Crippen LogP contribution >= 0.6 is 12.2 Å². The number of benzene rings is 1. The molecule has 0 aromatic heterocycles. The van der Waals surface area contributed by atoms with Crippen molar-refractivity contribution < 1.29 is 30.3 Å². The second-order valence-electron chi connectivity index (χ2n) is 5.19. The first kappa shape index (κ1) is 18.5. The maximum Gasteiger partial charge on any atom is 0.189 e. The van der Waals surface area contributed by atoms with Crippen LogP contribution in [0.25, 0.3) is 0 Å². The maximum atomic E-state index is 9.87. The second kappa shape index (κ2) is 8.33. The summed E-state index contributed by atoms with van der Waals surface area (Å²) in [4.78, 5) is 0. The number of phenolic OH excluding ortho intramolecular Hbond substituents is 1. The number of nitrogens with zero attached hydrogens (tertiary/aromatic N) is 1. The number of hydrogen-bond donors (Lipinski definition) is 7. The molecule has 0 spiro atoms. The lowest BCUT2D eigenvalue weighted by Gasteiger charge is -2.40. The predicted molar refractivity (Wildman–Crippen MR) is 88.3 cm³/mol. The molecule has 1 aromatic rings. The van der Waals surface area contributed by atoms with Crippen molar-refractivity contribution in [3.05, 3.63) is 29.8 Å². The zero-order chi connectivity index (χ0) is 17.7. The number of nitrogens with one attached hydrogen (secondary N) is 2. The van der Waals surface area contributed by atoms with Gasteiger partial charge in [0.25, 0.3) is 0 Å². The topological polar surface area (TPSA) is 147 Å². The number of thiocarbonyl (C=S) groups is 1. The number of ether oxygens (including phenoxy) is 1. The van der Waals surface area contributed by atoms with Gasteiger partial charge in [-0.15, -0.1) is 0 Å². The van der Waals surface area contributed by atoms with E-state index in [4.69, 9.17) is 22.1 Å². The van der Waals surface area contributed by atoms with Crippen molar-refractivity contribution in [2.45, 2.75) is 30.6 Å². The smallest absolute Gasteiger partial charge is 0.189 e. The Balaban J connectivity index is 1.89. The molecular weight excluding hydrogens is 338 g/mol. The molecule has 0 amide bonds. The largest absolute Gasteiger partial charge is 0.508 e. The molecule has 0 aliphatic carbocycles. The molecule has 7 N–H and O–H groups in total. The summed E-state index contributed by atoms with van der Waals surface area (Å²) in [5.41, 5.74) is 3.12. The lowest BCUT2D eigenvalue weighted by molar-refractivity contribution is -0.232. The van der Waals surface area contributed by atoms with Crippen LogP contribution in [0.4, 0.5) is 0 Å². The quantitative estimate of drug-likeness (QED) is 0.184. The van der Waals surface area contributed by atoms with Crippen LogP contribution in [0.3, 0.4) is 0 Å². The number of aliphatic hydroxyl groups excluding tert-OH is 4. The molecule has 1 aliphatic rings. The first-order valence-electron chi connectivity index (χ1n) is 7.11. The lowest BCUT2D eigenvalue weighted by Crippen LogP contribution is -2.63. The minimum absolute atomic E-state index is 0.00395. The van der Waals surface area contributed by atoms with E-state index in [1.807, 2.05) is 0 Å². The van der Waals surface area contributed by atoms with Gasteiger partial charge in [-0.2, -0.15) is 5.10 Å². The van der Waals surface area contributed by atoms with Crippen molar-refractivity contribution in [3.8, 4) is 5.75 Å². The van der Waals surface area contributed by atoms with E-state index >= 15 is 0 Å². The third-order valence-electron chi connectivity index (χ3n) is 3.42. The van der Waals surface area contributed by atoms with Crippen LogP contribution < -0.4 is 10.7 Å². The molecule has 1 heterocycles. The third-order valence-corrected chi connectivity index (χ3v) is 3.62. The molecule has 1 saturated heterocycles. The number of aromatic hydroxyl groups is 1. The number of rotatable bonds is 4. The highest BCUT2D eigenvalue weighted by molar-refractivity contribution is 7.80. The number of phenols is 1. The predicted octanol–water partition coefficient (Wildman–Crippen LogP) is -2.01. The zero-order valence-electron chi connectivity index (χ0n) is 12.5. The van der Waals surface area contributed by atoms with Crippen LogP contribution in [0.2, 0.25) is 0 Å². The zero-order valence-corrected chi connectivity index (χ0v) is 13.3. The van der Waals surface area contributed by atoms with Gasteiger partial charge in [0.05, 0.1) is 12.8 Å². The summed E-state index contributed by atoms with van der Waals surface area (Å²) in [6.45, 7) is -0.529. The van der Waals surface area contributed by atoms with Gasteiger partial charge in [0.15, 0.2) is 11.3 Å². The van der Waals surface area contributed by atoms with Crippen LogP contribution in [0, 0.1) is 0 Å². The van der Waals surface area contributed by atoms with E-state index in [2.05, 4.69) is 15.8 Å². The molecule has 9 nitrogen and oxygen atoms in total. The summed E-state index contributed by atoms with van der Waals surface area (Å²) in [5, 5.41) is 54.1. The van der Waals surface area contributed by atoms with E-state index in [0.29, 0.717) is 5.56 Å². The lowest BCUT2D eigenvalue weighted by atomic mass is 9.98. The van der Waals surface area contributed by atoms with Crippen LogP contribution in [0.15, 0.2) is 29.4 Å². The summed E-state index contributed by atoms with van der Waals surface area (Å²) in [6.07, 6.45) is -5.12. The molecule has 1 fully saturated rings. The minimum atomic E-state index is -1.49. The molecule has 0 unspecified atom stereocenters. The van der Waals surface area contributed by atoms with E-state index in [-0.39, 0.29) is 10.9 Å². The van der Waals surface area contributed by atoms with E-state index in [9.17, 15) is 20.4 Å². The SMILES string of the molecule is OC[C@H]1O[C@@H](NC(=S)N/N=C/c2cccc(O)c2)[C@H](O)[C@@H](O)[C@@H]1O. The molecule has 5 atom stereocenters. The molecule has 24 heavy (non-hydrogen) atoms. The van der Waals surface area contributed by atoms with E-state index in [0.717, 1.165) is 0 Å². The molecule has 0 saturated carbocycles. The first-order chi connectivity index (χ1) is 11.4. The monoisotopic (exact) mass is 357 g/mol. The van der Waals surface area contributed by atoms with Gasteiger partial charge in [0.1, 0.15) is 30.2 Å². The third kappa shape index (κ3) is 4.60. The number of hydrazone groups is 1. The normalized spacial score (nSPS) is 30.2. The number of aliphatic hydroxyl groups is 4. The van der Waals surface area contributed by atoms with Gasteiger partial charge in [-0.25, -0.2) is 0 Å². The molecule has 132 valence electrons. The Kier molecular flexibility index (Phi) is 6.43. The summed E-state index contributed by atoms with van der Waals surface area (Å²) in [5.74, 6) is 0.0981. The summed E-state index contributed by atoms with van der Waals surface area (Å²) < 4.78 is 5.25. The standard InChI is InChI=1S/C14H19N3O6S/c18-6-9-10(20)11(21)12(22)13(23-9)16-14(24)17-15-5-7-2-1-3-8(19)4-7/h1-5,9-13,18-22H,6H2,(H2,16,17,24)/b15-5+/t9-,10-,11+,12-,13-/m1/s1. The highest BCUT2D eigenvalue weighted by Crippen LogP contribution is 2.19. The maximum absolute atomic E-state index is 9.87. The van der Waals surface area contributed by atoms with Gasteiger partial charge in [0, 0.05) is 0 Å². The molecular formula is C14H19N3O6S. The Morgan fingerprint density at radius 3 is 2.67 bits per heavy atom. The highest BCUT2D eigenvalue weighted by Gasteiger charge is 2.43. The molecule has 10 heteroatoms. The Morgan fingerprint density at radius 2 is 2.00 bits per heavy atom. The summed E-state index contributed by atoms with van der Waals surface area (Å²) in [6, 6.07) is 6.40. The Labute approximate surface area is 143 Å². The fourth-order valence-electron chi connectivity index (χ4n) is 2.15. The van der Waals surface area contributed by atoms with Gasteiger partial charge < -0.3 is 35.6 Å². The minimum Gasteiger partial charge on any atom is -0.508 e. The van der Waals surface area contributed by atoms with E-state index in [1.165, 1.54) is 18.3 Å². The van der Waals surface area contributed by atoms with E-state index in [1.54, 1.807) is 12.1 Å². The second-order valence-corrected chi connectivity index (χ2v) is 5.60. The molecule has 0 bridgehead atoms. The summed E-state index contributed by atoms with van der Waals surface area (Å²) in [7, 11) is 0. The van der Waals surface area contributed by atoms with Crippen molar-refractivity contribution in [2.75, 3.05) is 6.61 Å². The van der Waals surface area contributed by atoms with Crippen LogP contribution in [-0.4, -0.2) is 74.1 Å². The van der Waals surface area contributed by atoms with E-state index < -0.39 is 37.3 Å². The van der Waals surface area contributed by atoms with Gasteiger partial charge in [0.2, 0.25) is 0 Å². The highest BCUT2D eigenvalue weighted by atomic mass is 32.1. The van der Waals surface area contributed by atoms with Crippen molar-refractivity contribution in [3.63, 3.8) is 0 Å². The van der Waals surface area contributed by atoms with Gasteiger partial charge in [-0.1, -0.05) is 12.1 Å². The Bertz CT molecular complexity index is 600. The fraction of sp³-hybridized carbons (Fsp3) is 0.429. The van der Waals surface area contributed by atoms with Crippen molar-refractivity contribution >= 4 is 23.5 Å². The molecule has 0 radical (unpaired) electrons. The number of hydrogen-bond acceptors (Lipinski definition) is 8. The Hall–Kier alpha value is -1.82. The molecule has 1 aliphatic heterocycles. The average Bonchev–Trinajstić information content (AvgIpc) is 2.55. The molecule has 2 rings (SSSR count). The first-order valence-corrected chi connectivity index (χ1v) is 7.52. The van der Waals surface area contributed by atoms with Crippen molar-refractivity contribution in [1.29, 1.82) is 0 Å². The average molecular weight is 357 g/mol. The van der Waals surface area contributed by atoms with Gasteiger partial charge in [-0.3, -0.25) is 5.43 Å². The van der Waals surface area contributed by atoms with Gasteiger partial charge >= 0.3 is 0 Å². The van der Waals surface area contributed by atoms with Crippen LogP contribution in [-0.2, 0) is 4.74 Å².